The third-order valence-corrected chi connectivity index (χ3v) is 8.42. The molecule has 0 bridgehead atoms. The van der Waals surface area contributed by atoms with Crippen LogP contribution in [-0.4, -0.2) is 58.6 Å². The molecule has 1 amide bonds. The molecule has 3 N–H and O–H groups in total. The molecule has 2 fully saturated rings. The van der Waals surface area contributed by atoms with Crippen molar-refractivity contribution in [3.05, 3.63) is 101 Å². The number of nitrogens with one attached hydrogen (secondary N) is 1. The second kappa shape index (κ2) is 13.7. The van der Waals surface area contributed by atoms with E-state index in [9.17, 15) is 19.8 Å². The first kappa shape index (κ1) is 30.1. The molecule has 0 aromatic heterocycles. The minimum Gasteiger partial charge on any atom is -0.395 e. The van der Waals surface area contributed by atoms with Gasteiger partial charge in [0.15, 0.2) is 12.1 Å². The number of aliphatic hydroxyl groups is 2. The van der Waals surface area contributed by atoms with Crippen LogP contribution in [0.3, 0.4) is 0 Å². The second-order valence-corrected chi connectivity index (χ2v) is 11.4. The standard InChI is InChI=1S/C34H40N2O6/c1-22-31(19-36-16-4-7-30(36)21-38)41-34(42-33(22)26-12-10-25(20-37)11-13-26)27-14-8-24(9-15-27)17-32(40)35-29-6-3-5-28(18-29)23(2)39/h3,5-6,8-15,18,22,30-31,33-34,37-38H,4,7,16-17,19-21H2,1-2H3,(H,35,40). The van der Waals surface area contributed by atoms with Crippen molar-refractivity contribution < 1.29 is 29.3 Å². The topological polar surface area (TPSA) is 108 Å². The summed E-state index contributed by atoms with van der Waals surface area (Å²) in [4.78, 5) is 26.7. The van der Waals surface area contributed by atoms with E-state index in [2.05, 4.69) is 17.1 Å². The van der Waals surface area contributed by atoms with E-state index in [0.717, 1.165) is 41.6 Å². The lowest BCUT2D eigenvalue weighted by Crippen LogP contribution is -2.46. The van der Waals surface area contributed by atoms with Gasteiger partial charge in [-0.15, -0.1) is 0 Å². The van der Waals surface area contributed by atoms with Crippen LogP contribution in [0.15, 0.2) is 72.8 Å². The third-order valence-electron chi connectivity index (χ3n) is 8.42. The molecular formula is C34H40N2O6. The van der Waals surface area contributed by atoms with Crippen LogP contribution in [0.25, 0.3) is 0 Å². The van der Waals surface area contributed by atoms with Gasteiger partial charge in [-0.2, -0.15) is 0 Å². The first-order valence-electron chi connectivity index (χ1n) is 14.7. The summed E-state index contributed by atoms with van der Waals surface area (Å²) < 4.78 is 13.1. The number of carbonyl (C=O) groups is 2. The van der Waals surface area contributed by atoms with Gasteiger partial charge in [0.05, 0.1) is 31.8 Å². The molecule has 0 saturated carbocycles. The predicted molar refractivity (Wildman–Crippen MR) is 160 cm³/mol. The summed E-state index contributed by atoms with van der Waals surface area (Å²) in [6.07, 6.45) is 1.31. The Morgan fingerprint density at radius 2 is 1.67 bits per heavy atom. The van der Waals surface area contributed by atoms with Crippen molar-refractivity contribution in [3.8, 4) is 0 Å². The molecule has 2 heterocycles. The quantitative estimate of drug-likeness (QED) is 0.299. The zero-order valence-corrected chi connectivity index (χ0v) is 24.2. The SMILES string of the molecule is CC(=O)c1cccc(NC(=O)Cc2ccc(C3OC(CN4CCCC4CO)C(C)C(c4ccc(CO)cc4)O3)cc2)c1. The van der Waals surface area contributed by atoms with Gasteiger partial charge in [-0.05, 0) is 55.1 Å². The number of ketones is 1. The van der Waals surface area contributed by atoms with E-state index in [0.29, 0.717) is 17.8 Å². The van der Waals surface area contributed by atoms with Crippen LogP contribution in [0.1, 0.15) is 71.7 Å². The molecular weight excluding hydrogens is 532 g/mol. The highest BCUT2D eigenvalue weighted by molar-refractivity contribution is 5.97. The molecule has 2 aliphatic heterocycles. The minimum absolute atomic E-state index is 0.0115. The van der Waals surface area contributed by atoms with E-state index in [1.165, 1.54) is 6.92 Å². The van der Waals surface area contributed by atoms with Crippen LogP contribution in [0.4, 0.5) is 5.69 Å². The first-order chi connectivity index (χ1) is 20.3. The Hall–Kier alpha value is -3.40. The summed E-state index contributed by atoms with van der Waals surface area (Å²) in [5, 5.41) is 22.2. The summed E-state index contributed by atoms with van der Waals surface area (Å²) in [5.74, 6) is -0.160. The zero-order valence-electron chi connectivity index (χ0n) is 24.2. The normalized spacial score (nSPS) is 24.4. The van der Waals surface area contributed by atoms with Crippen molar-refractivity contribution in [2.45, 2.75) is 64.3 Å². The number of benzene rings is 3. The maximum absolute atomic E-state index is 12.7. The Balaban J connectivity index is 1.30. The Bertz CT molecular complexity index is 1360. The molecule has 3 aromatic carbocycles. The van der Waals surface area contributed by atoms with E-state index in [-0.39, 0.29) is 55.5 Å². The van der Waals surface area contributed by atoms with Crippen molar-refractivity contribution in [1.29, 1.82) is 0 Å². The lowest BCUT2D eigenvalue weighted by Gasteiger charge is -2.43. The van der Waals surface area contributed by atoms with E-state index < -0.39 is 6.29 Å². The van der Waals surface area contributed by atoms with Gasteiger partial charge in [0.1, 0.15) is 0 Å². The Morgan fingerprint density at radius 1 is 0.952 bits per heavy atom. The highest BCUT2D eigenvalue weighted by Gasteiger charge is 2.40. The number of carbonyl (C=O) groups excluding carboxylic acids is 2. The fraction of sp³-hybridized carbons (Fsp3) is 0.412. The second-order valence-electron chi connectivity index (χ2n) is 11.4. The molecule has 2 saturated heterocycles. The number of ether oxygens (including phenoxy) is 2. The van der Waals surface area contributed by atoms with Crippen molar-refractivity contribution >= 4 is 17.4 Å². The number of likely N-dealkylation sites (tertiary alicyclic amines) is 1. The van der Waals surface area contributed by atoms with Gasteiger partial charge in [0.25, 0.3) is 0 Å². The number of anilines is 1. The van der Waals surface area contributed by atoms with Gasteiger partial charge in [-0.1, -0.05) is 67.6 Å². The summed E-state index contributed by atoms with van der Waals surface area (Å²) in [5.41, 5.74) is 4.73. The van der Waals surface area contributed by atoms with Crippen molar-refractivity contribution in [1.82, 2.24) is 4.90 Å². The van der Waals surface area contributed by atoms with Crippen LogP contribution in [0, 0.1) is 5.92 Å². The molecule has 5 unspecified atom stereocenters. The molecule has 0 spiro atoms. The van der Waals surface area contributed by atoms with Gasteiger partial charge < -0.3 is 25.0 Å². The number of hydrogen-bond acceptors (Lipinski definition) is 7. The fourth-order valence-corrected chi connectivity index (χ4v) is 5.90. The molecule has 222 valence electrons. The van der Waals surface area contributed by atoms with Crippen LogP contribution in [-0.2, 0) is 27.3 Å². The molecule has 8 nitrogen and oxygen atoms in total. The number of hydrogen-bond donors (Lipinski definition) is 3. The molecule has 0 radical (unpaired) electrons. The van der Waals surface area contributed by atoms with E-state index in [4.69, 9.17) is 9.47 Å². The van der Waals surface area contributed by atoms with Gasteiger partial charge in [-0.25, -0.2) is 0 Å². The number of Topliss-reactive ketones (excluding diaryl/α,β-unsaturated/α-hetero) is 1. The fourth-order valence-electron chi connectivity index (χ4n) is 5.90. The van der Waals surface area contributed by atoms with Crippen molar-refractivity contribution in [2.24, 2.45) is 5.92 Å². The summed E-state index contributed by atoms with van der Waals surface area (Å²) in [7, 11) is 0. The van der Waals surface area contributed by atoms with E-state index in [1.54, 1.807) is 24.3 Å². The lowest BCUT2D eigenvalue weighted by atomic mass is 9.90. The molecule has 2 aliphatic rings. The van der Waals surface area contributed by atoms with Gasteiger partial charge in [-0.3, -0.25) is 14.5 Å². The molecule has 8 heteroatoms. The molecule has 5 rings (SSSR count). The number of rotatable bonds is 10. The number of nitrogens with zero attached hydrogens (tertiary/aromatic N) is 1. The van der Waals surface area contributed by atoms with Gasteiger partial charge in [0.2, 0.25) is 5.91 Å². The predicted octanol–water partition coefficient (Wildman–Crippen LogP) is 4.81. The van der Waals surface area contributed by atoms with Gasteiger partial charge in [0, 0.05) is 35.3 Å². The van der Waals surface area contributed by atoms with Crippen LogP contribution in [0.5, 0.6) is 0 Å². The average Bonchev–Trinajstić information content (AvgIpc) is 3.46. The summed E-state index contributed by atoms with van der Waals surface area (Å²) in [6, 6.07) is 22.6. The van der Waals surface area contributed by atoms with Crippen LogP contribution in [0.2, 0.25) is 0 Å². The number of aliphatic hydroxyl groups excluding tert-OH is 2. The van der Waals surface area contributed by atoms with E-state index >= 15 is 0 Å². The number of amides is 1. The zero-order chi connectivity index (χ0) is 29.6. The smallest absolute Gasteiger partial charge is 0.228 e. The lowest BCUT2D eigenvalue weighted by molar-refractivity contribution is -0.276. The highest BCUT2D eigenvalue weighted by atomic mass is 16.7. The first-order valence-corrected chi connectivity index (χ1v) is 14.7. The highest BCUT2D eigenvalue weighted by Crippen LogP contribution is 2.42. The maximum atomic E-state index is 12.7. The largest absolute Gasteiger partial charge is 0.395 e. The molecule has 0 aliphatic carbocycles. The van der Waals surface area contributed by atoms with Gasteiger partial charge >= 0.3 is 0 Å². The van der Waals surface area contributed by atoms with Crippen molar-refractivity contribution in [3.63, 3.8) is 0 Å². The van der Waals surface area contributed by atoms with E-state index in [1.807, 2.05) is 48.5 Å². The Kier molecular flexibility index (Phi) is 9.82. The molecule has 42 heavy (non-hydrogen) atoms. The third kappa shape index (κ3) is 7.14. The summed E-state index contributed by atoms with van der Waals surface area (Å²) in [6.45, 7) is 5.42. The summed E-state index contributed by atoms with van der Waals surface area (Å²) >= 11 is 0. The monoisotopic (exact) mass is 572 g/mol. The Morgan fingerprint density at radius 3 is 2.36 bits per heavy atom. The van der Waals surface area contributed by atoms with Crippen LogP contribution >= 0.6 is 0 Å². The average molecular weight is 573 g/mol. The van der Waals surface area contributed by atoms with Crippen LogP contribution < -0.4 is 5.32 Å². The molecule has 3 aromatic rings. The van der Waals surface area contributed by atoms with Crippen molar-refractivity contribution in [2.75, 3.05) is 25.0 Å². The Labute approximate surface area is 247 Å². The molecule has 5 atom stereocenters. The maximum Gasteiger partial charge on any atom is 0.228 e. The minimum atomic E-state index is -0.596.